The van der Waals surface area contributed by atoms with Crippen LogP contribution in [0.2, 0.25) is 0 Å². The summed E-state index contributed by atoms with van der Waals surface area (Å²) < 4.78 is 5.85. The lowest BCUT2D eigenvalue weighted by Gasteiger charge is -2.12. The number of benzene rings is 1. The van der Waals surface area contributed by atoms with Gasteiger partial charge in [0.25, 0.3) is 0 Å². The number of halogens is 2. The third kappa shape index (κ3) is 3.40. The van der Waals surface area contributed by atoms with Crippen LogP contribution >= 0.6 is 28.3 Å². The van der Waals surface area contributed by atoms with Gasteiger partial charge < -0.3 is 15.6 Å². The van der Waals surface area contributed by atoms with Crippen molar-refractivity contribution in [3.63, 3.8) is 0 Å². The molecule has 0 unspecified atom stereocenters. The van der Waals surface area contributed by atoms with Crippen LogP contribution in [-0.4, -0.2) is 11.7 Å². The molecule has 5 heteroatoms. The van der Waals surface area contributed by atoms with E-state index in [0.29, 0.717) is 16.8 Å². The Kier molecular flexibility index (Phi) is 6.48. The fraction of sp³-hybridized carbons (Fsp3) is 0.273. The van der Waals surface area contributed by atoms with E-state index >= 15 is 0 Å². The van der Waals surface area contributed by atoms with E-state index in [1.54, 1.807) is 18.2 Å². The Bertz CT molecular complexity index is 371. The standard InChI is InChI=1S/C11H14BrNO2.ClH/c1-3-9(13)7-5-8(12)11(14)10(6-7)15-4-2;/h3,5-6,9,14H,1,4,13H2,2H3;1H/t9-;/m1./s1. The van der Waals surface area contributed by atoms with Gasteiger partial charge in [-0.2, -0.15) is 0 Å². The molecule has 0 aliphatic rings. The molecule has 0 aliphatic carbocycles. The highest BCUT2D eigenvalue weighted by Gasteiger charge is 2.11. The summed E-state index contributed by atoms with van der Waals surface area (Å²) in [6, 6.07) is 3.21. The summed E-state index contributed by atoms with van der Waals surface area (Å²) in [4.78, 5) is 0. The molecule has 16 heavy (non-hydrogen) atoms. The van der Waals surface area contributed by atoms with Crippen LogP contribution in [0.4, 0.5) is 0 Å². The summed E-state index contributed by atoms with van der Waals surface area (Å²) in [7, 11) is 0. The largest absolute Gasteiger partial charge is 0.503 e. The van der Waals surface area contributed by atoms with E-state index in [1.807, 2.05) is 6.92 Å². The van der Waals surface area contributed by atoms with Crippen molar-refractivity contribution in [2.45, 2.75) is 13.0 Å². The molecule has 90 valence electrons. The van der Waals surface area contributed by atoms with E-state index in [9.17, 15) is 5.11 Å². The third-order valence-electron chi connectivity index (χ3n) is 1.99. The number of aromatic hydroxyl groups is 1. The molecule has 0 heterocycles. The van der Waals surface area contributed by atoms with E-state index < -0.39 is 0 Å². The zero-order chi connectivity index (χ0) is 11.4. The van der Waals surface area contributed by atoms with Crippen LogP contribution in [0.3, 0.4) is 0 Å². The second-order valence-corrected chi connectivity index (χ2v) is 3.90. The number of ether oxygens (including phenoxy) is 1. The van der Waals surface area contributed by atoms with Crippen molar-refractivity contribution in [3.05, 3.63) is 34.8 Å². The van der Waals surface area contributed by atoms with Gasteiger partial charge in [-0.1, -0.05) is 6.08 Å². The maximum absolute atomic E-state index is 9.67. The molecule has 0 radical (unpaired) electrons. The molecule has 0 saturated carbocycles. The second-order valence-electron chi connectivity index (χ2n) is 3.04. The molecule has 0 aromatic heterocycles. The van der Waals surface area contributed by atoms with Crippen molar-refractivity contribution in [1.29, 1.82) is 0 Å². The van der Waals surface area contributed by atoms with Gasteiger partial charge in [0.2, 0.25) is 0 Å². The summed E-state index contributed by atoms with van der Waals surface area (Å²) in [5.74, 6) is 0.524. The molecule has 1 atom stereocenters. The molecule has 1 aromatic rings. The van der Waals surface area contributed by atoms with Crippen LogP contribution in [0.1, 0.15) is 18.5 Å². The van der Waals surface area contributed by atoms with Gasteiger partial charge in [-0.05, 0) is 40.5 Å². The summed E-state index contributed by atoms with van der Waals surface area (Å²) in [5, 5.41) is 9.67. The molecule has 0 spiro atoms. The fourth-order valence-electron chi connectivity index (χ4n) is 1.19. The lowest BCUT2D eigenvalue weighted by molar-refractivity contribution is 0.317. The van der Waals surface area contributed by atoms with Crippen molar-refractivity contribution in [3.8, 4) is 11.5 Å². The second kappa shape index (κ2) is 6.78. The number of phenolic OH excluding ortho intramolecular Hbond substituents is 1. The first-order chi connectivity index (χ1) is 7.10. The molecule has 0 saturated heterocycles. The predicted molar refractivity (Wildman–Crippen MR) is 71.3 cm³/mol. The fourth-order valence-corrected chi connectivity index (χ4v) is 1.65. The van der Waals surface area contributed by atoms with Crippen LogP contribution in [0.5, 0.6) is 11.5 Å². The molecular weight excluding hydrogens is 293 g/mol. The number of rotatable bonds is 4. The van der Waals surface area contributed by atoms with E-state index in [-0.39, 0.29) is 24.2 Å². The van der Waals surface area contributed by atoms with Gasteiger partial charge in [0.05, 0.1) is 11.1 Å². The molecule has 0 fully saturated rings. The Hall–Kier alpha value is -0.710. The smallest absolute Gasteiger partial charge is 0.172 e. The number of hydrogen-bond donors (Lipinski definition) is 2. The zero-order valence-corrected chi connectivity index (χ0v) is 11.3. The Labute approximate surface area is 110 Å². The Morgan fingerprint density at radius 2 is 2.25 bits per heavy atom. The van der Waals surface area contributed by atoms with Gasteiger partial charge in [0.15, 0.2) is 11.5 Å². The minimum Gasteiger partial charge on any atom is -0.503 e. The SMILES string of the molecule is C=C[C@@H](N)c1cc(Br)c(O)c(OCC)c1.Cl. The topological polar surface area (TPSA) is 55.5 Å². The highest BCUT2D eigenvalue weighted by molar-refractivity contribution is 9.10. The normalized spacial score (nSPS) is 11.4. The Morgan fingerprint density at radius 1 is 1.62 bits per heavy atom. The van der Waals surface area contributed by atoms with Gasteiger partial charge in [0.1, 0.15) is 0 Å². The van der Waals surface area contributed by atoms with E-state index in [0.717, 1.165) is 5.56 Å². The molecular formula is C11H15BrClNO2. The quantitative estimate of drug-likeness (QED) is 0.840. The first-order valence-electron chi connectivity index (χ1n) is 4.63. The number of nitrogens with two attached hydrogens (primary N) is 1. The van der Waals surface area contributed by atoms with E-state index in [2.05, 4.69) is 22.5 Å². The summed E-state index contributed by atoms with van der Waals surface area (Å²) in [5.41, 5.74) is 6.65. The van der Waals surface area contributed by atoms with E-state index in [4.69, 9.17) is 10.5 Å². The number of phenols is 1. The third-order valence-corrected chi connectivity index (χ3v) is 2.59. The summed E-state index contributed by atoms with van der Waals surface area (Å²) in [6.07, 6.45) is 1.63. The Balaban J connectivity index is 0.00000225. The lowest BCUT2D eigenvalue weighted by atomic mass is 10.1. The average Bonchev–Trinajstić information content (AvgIpc) is 2.23. The first kappa shape index (κ1) is 15.3. The van der Waals surface area contributed by atoms with Crippen molar-refractivity contribution in [2.75, 3.05) is 6.61 Å². The molecule has 1 aromatic carbocycles. The molecule has 0 bridgehead atoms. The van der Waals surface area contributed by atoms with E-state index in [1.165, 1.54) is 0 Å². The van der Waals surface area contributed by atoms with Crippen LogP contribution in [0.15, 0.2) is 29.3 Å². The molecule has 0 aliphatic heterocycles. The maximum atomic E-state index is 9.67. The van der Waals surface area contributed by atoms with Gasteiger partial charge in [-0.15, -0.1) is 19.0 Å². The minimum absolute atomic E-state index is 0. The predicted octanol–water partition coefficient (Wildman–Crippen LogP) is 3.16. The highest BCUT2D eigenvalue weighted by atomic mass is 79.9. The van der Waals surface area contributed by atoms with Crippen molar-refractivity contribution in [2.24, 2.45) is 5.73 Å². The van der Waals surface area contributed by atoms with Crippen LogP contribution in [0, 0.1) is 0 Å². The first-order valence-corrected chi connectivity index (χ1v) is 5.42. The van der Waals surface area contributed by atoms with Crippen LogP contribution in [-0.2, 0) is 0 Å². The molecule has 3 N–H and O–H groups in total. The van der Waals surface area contributed by atoms with Crippen LogP contribution in [0.25, 0.3) is 0 Å². The Morgan fingerprint density at radius 3 is 2.75 bits per heavy atom. The molecule has 3 nitrogen and oxygen atoms in total. The zero-order valence-electron chi connectivity index (χ0n) is 8.94. The number of hydrogen-bond acceptors (Lipinski definition) is 3. The van der Waals surface area contributed by atoms with Gasteiger partial charge in [-0.25, -0.2) is 0 Å². The van der Waals surface area contributed by atoms with Gasteiger partial charge in [0, 0.05) is 6.04 Å². The highest BCUT2D eigenvalue weighted by Crippen LogP contribution is 2.36. The monoisotopic (exact) mass is 307 g/mol. The van der Waals surface area contributed by atoms with Crippen molar-refractivity contribution >= 4 is 28.3 Å². The van der Waals surface area contributed by atoms with Crippen LogP contribution < -0.4 is 10.5 Å². The summed E-state index contributed by atoms with van der Waals surface area (Å²) in [6.45, 7) is 5.97. The van der Waals surface area contributed by atoms with Gasteiger partial charge in [-0.3, -0.25) is 0 Å². The minimum atomic E-state index is -0.263. The van der Waals surface area contributed by atoms with Crippen molar-refractivity contribution in [1.82, 2.24) is 0 Å². The summed E-state index contributed by atoms with van der Waals surface area (Å²) >= 11 is 3.24. The lowest BCUT2D eigenvalue weighted by Crippen LogP contribution is -2.07. The molecule has 0 amide bonds. The maximum Gasteiger partial charge on any atom is 0.172 e. The average molecular weight is 309 g/mol. The molecule has 1 rings (SSSR count). The van der Waals surface area contributed by atoms with Gasteiger partial charge >= 0.3 is 0 Å². The van der Waals surface area contributed by atoms with Crippen molar-refractivity contribution < 1.29 is 9.84 Å².